The van der Waals surface area contributed by atoms with E-state index in [9.17, 15) is 9.59 Å². The van der Waals surface area contributed by atoms with Gasteiger partial charge in [-0.05, 0) is 0 Å². The minimum atomic E-state index is -1.21. The average Bonchev–Trinajstić information content (AvgIpc) is 1.63. The summed E-state index contributed by atoms with van der Waals surface area (Å²) in [6.45, 7) is 0. The van der Waals surface area contributed by atoms with Gasteiger partial charge in [-0.1, -0.05) is 0 Å². The summed E-state index contributed by atoms with van der Waals surface area (Å²) in [4.78, 5) is 19.9. The number of nitrogens with two attached hydrogens (primary N) is 2. The highest BCUT2D eigenvalue weighted by molar-refractivity contribution is 6.92. The predicted molar refractivity (Wildman–Crippen MR) is 40.5 cm³/mol. The molecule has 1 amide bonds. The van der Waals surface area contributed by atoms with Gasteiger partial charge >= 0.3 is 5.97 Å². The fourth-order valence-electron chi connectivity index (χ4n) is 0.304. The van der Waals surface area contributed by atoms with Gasteiger partial charge in [0, 0.05) is 0 Å². The first kappa shape index (κ1) is 12.0. The van der Waals surface area contributed by atoms with Gasteiger partial charge in [-0.15, -0.1) is 0 Å². The maximum atomic E-state index is 9.99. The van der Waals surface area contributed by atoms with E-state index in [1.807, 2.05) is 0 Å². The van der Waals surface area contributed by atoms with E-state index in [1.165, 1.54) is 0 Å². The molecule has 0 saturated heterocycles. The van der Waals surface area contributed by atoms with Crippen LogP contribution in [0, 0.1) is 0 Å². The number of carbonyl (C=O) groups is 2. The first-order chi connectivity index (χ1) is 4.04. The molecule has 0 heterocycles. The minimum Gasteiger partial charge on any atom is -0.480 e. The maximum absolute atomic E-state index is 9.99. The summed E-state index contributed by atoms with van der Waals surface area (Å²) in [5.74, 6) is -1.92. The van der Waals surface area contributed by atoms with Crippen molar-refractivity contribution in [1.29, 1.82) is 0 Å². The summed E-state index contributed by atoms with van der Waals surface area (Å²) in [7, 11) is 0. The summed E-state index contributed by atoms with van der Waals surface area (Å²) in [5.41, 5.74) is 9.57. The Labute approximate surface area is 61.4 Å². The van der Waals surface area contributed by atoms with Gasteiger partial charge in [0.15, 0.2) is 0 Å². The van der Waals surface area contributed by atoms with E-state index in [-0.39, 0.29) is 16.3 Å². The SMILES string of the molecule is NC(=O)CC(N)C(=O)O.P. The van der Waals surface area contributed by atoms with Crippen LogP contribution in [0.1, 0.15) is 6.42 Å². The number of hydrogen-bond donors (Lipinski definition) is 3. The number of aliphatic carboxylic acids is 1. The summed E-state index contributed by atoms with van der Waals surface area (Å²) < 4.78 is 0. The van der Waals surface area contributed by atoms with E-state index in [0.717, 1.165) is 0 Å². The zero-order chi connectivity index (χ0) is 7.44. The third-order valence-electron chi connectivity index (χ3n) is 0.738. The maximum Gasteiger partial charge on any atom is 0.321 e. The van der Waals surface area contributed by atoms with Gasteiger partial charge in [-0.3, -0.25) is 9.59 Å². The highest BCUT2D eigenvalue weighted by atomic mass is 31.0. The number of carboxylic acids is 1. The Hall–Kier alpha value is -0.670. The zero-order valence-electron chi connectivity index (χ0n) is 5.41. The molecule has 0 aliphatic rings. The molecule has 0 aromatic carbocycles. The number of rotatable bonds is 3. The number of primary amides is 1. The molecule has 0 bridgehead atoms. The minimum absolute atomic E-state index is 0. The smallest absolute Gasteiger partial charge is 0.321 e. The molecule has 0 aliphatic heterocycles. The van der Waals surface area contributed by atoms with Crippen LogP contribution >= 0.6 is 9.90 Å². The van der Waals surface area contributed by atoms with E-state index >= 15 is 0 Å². The standard InChI is InChI=1S/C4H8N2O3.H3P/c5-2(4(8)9)1-3(6)7;/h2H,1,5H2,(H2,6,7)(H,8,9);1H3. The van der Waals surface area contributed by atoms with Crippen molar-refractivity contribution in [2.75, 3.05) is 0 Å². The molecule has 60 valence electrons. The molecule has 0 fully saturated rings. The Bertz CT molecular complexity index is 138. The van der Waals surface area contributed by atoms with Crippen LogP contribution in [0.4, 0.5) is 0 Å². The first-order valence-corrected chi connectivity index (χ1v) is 2.30. The molecular weight excluding hydrogens is 155 g/mol. The lowest BCUT2D eigenvalue weighted by molar-refractivity contribution is -0.140. The van der Waals surface area contributed by atoms with Gasteiger partial charge in [0.1, 0.15) is 6.04 Å². The Morgan fingerprint density at radius 1 is 1.50 bits per heavy atom. The van der Waals surface area contributed by atoms with Crippen LogP contribution in [0.2, 0.25) is 0 Å². The lowest BCUT2D eigenvalue weighted by Gasteiger charge is -1.99. The molecule has 5 N–H and O–H groups in total. The number of amides is 1. The van der Waals surface area contributed by atoms with E-state index < -0.39 is 17.9 Å². The molecule has 2 unspecified atom stereocenters. The quantitative estimate of drug-likeness (QED) is 0.436. The van der Waals surface area contributed by atoms with Gasteiger partial charge in [0.2, 0.25) is 5.91 Å². The molecule has 0 aliphatic carbocycles. The summed E-state index contributed by atoms with van der Waals surface area (Å²) in [6.07, 6.45) is -0.310. The Morgan fingerprint density at radius 2 is 1.90 bits per heavy atom. The van der Waals surface area contributed by atoms with Crippen LogP contribution in [-0.4, -0.2) is 23.0 Å². The molecule has 0 radical (unpaired) electrons. The molecule has 0 rings (SSSR count). The Balaban J connectivity index is 0. The highest BCUT2D eigenvalue weighted by Gasteiger charge is 2.13. The van der Waals surface area contributed by atoms with Crippen LogP contribution in [0.15, 0.2) is 0 Å². The number of carbonyl (C=O) groups excluding carboxylic acids is 1. The van der Waals surface area contributed by atoms with Gasteiger partial charge < -0.3 is 16.6 Å². The first-order valence-electron chi connectivity index (χ1n) is 2.30. The lowest BCUT2D eigenvalue weighted by atomic mass is 10.2. The van der Waals surface area contributed by atoms with E-state index in [0.29, 0.717) is 0 Å². The van der Waals surface area contributed by atoms with Crippen molar-refractivity contribution in [1.82, 2.24) is 0 Å². The second kappa shape index (κ2) is 5.14. The molecular formula is C4H11N2O3P. The fraction of sp³-hybridized carbons (Fsp3) is 0.500. The van der Waals surface area contributed by atoms with E-state index in [2.05, 4.69) is 5.73 Å². The van der Waals surface area contributed by atoms with Crippen molar-refractivity contribution in [3.63, 3.8) is 0 Å². The Kier molecular flexibility index (Phi) is 6.20. The molecule has 0 aromatic rings. The monoisotopic (exact) mass is 166 g/mol. The molecule has 0 aromatic heterocycles. The van der Waals surface area contributed by atoms with Crippen molar-refractivity contribution >= 4 is 21.8 Å². The molecule has 6 heteroatoms. The van der Waals surface area contributed by atoms with Crippen LogP contribution < -0.4 is 11.5 Å². The summed E-state index contributed by atoms with van der Waals surface area (Å²) in [5, 5.41) is 8.10. The Morgan fingerprint density at radius 3 is 2.00 bits per heavy atom. The number of carboxylic acid groups (broad SMARTS) is 1. The number of hydrogen-bond acceptors (Lipinski definition) is 3. The van der Waals surface area contributed by atoms with Crippen LogP contribution in [0.3, 0.4) is 0 Å². The third kappa shape index (κ3) is 5.47. The predicted octanol–water partition coefficient (Wildman–Crippen LogP) is -1.67. The molecule has 10 heavy (non-hydrogen) atoms. The van der Waals surface area contributed by atoms with Crippen molar-refractivity contribution in [3.8, 4) is 0 Å². The topological polar surface area (TPSA) is 106 Å². The zero-order valence-corrected chi connectivity index (χ0v) is 6.82. The molecule has 0 spiro atoms. The second-order valence-electron chi connectivity index (χ2n) is 1.62. The van der Waals surface area contributed by atoms with Crippen molar-refractivity contribution in [3.05, 3.63) is 0 Å². The van der Waals surface area contributed by atoms with Crippen molar-refractivity contribution in [2.45, 2.75) is 12.5 Å². The average molecular weight is 166 g/mol. The van der Waals surface area contributed by atoms with Gasteiger partial charge in [0.25, 0.3) is 0 Å². The van der Waals surface area contributed by atoms with Crippen LogP contribution in [0.5, 0.6) is 0 Å². The normalized spacial score (nSPS) is 11.3. The molecule has 2 atom stereocenters. The third-order valence-corrected chi connectivity index (χ3v) is 0.738. The highest BCUT2D eigenvalue weighted by Crippen LogP contribution is 1.84. The molecule has 0 saturated carbocycles. The fourth-order valence-corrected chi connectivity index (χ4v) is 0.304. The van der Waals surface area contributed by atoms with Gasteiger partial charge in [-0.25, -0.2) is 0 Å². The lowest BCUT2D eigenvalue weighted by Crippen LogP contribution is -2.34. The molecule has 5 nitrogen and oxygen atoms in total. The van der Waals surface area contributed by atoms with Gasteiger partial charge in [-0.2, -0.15) is 9.90 Å². The van der Waals surface area contributed by atoms with E-state index in [1.54, 1.807) is 0 Å². The summed E-state index contributed by atoms with van der Waals surface area (Å²) in [6, 6.07) is -1.16. The largest absolute Gasteiger partial charge is 0.480 e. The van der Waals surface area contributed by atoms with Crippen molar-refractivity contribution < 1.29 is 14.7 Å². The van der Waals surface area contributed by atoms with E-state index in [4.69, 9.17) is 10.8 Å². The second-order valence-corrected chi connectivity index (χ2v) is 1.62. The van der Waals surface area contributed by atoms with Gasteiger partial charge in [0.05, 0.1) is 6.42 Å². The van der Waals surface area contributed by atoms with Crippen molar-refractivity contribution in [2.24, 2.45) is 11.5 Å². The van der Waals surface area contributed by atoms with Crippen LogP contribution in [-0.2, 0) is 9.59 Å². The summed E-state index contributed by atoms with van der Waals surface area (Å²) >= 11 is 0. The van der Waals surface area contributed by atoms with Crippen LogP contribution in [0.25, 0.3) is 0 Å².